The Kier molecular flexibility index (Phi) is 3.37. The Morgan fingerprint density at radius 1 is 1.23 bits per heavy atom. The molecule has 1 saturated carbocycles. The van der Waals surface area contributed by atoms with E-state index in [0.29, 0.717) is 11.5 Å². The van der Waals surface area contributed by atoms with Crippen LogP contribution in [0.5, 0.6) is 0 Å². The lowest BCUT2D eigenvalue weighted by molar-refractivity contribution is 0.175. The zero-order valence-corrected chi connectivity index (χ0v) is 13.3. The standard InChI is InChI=1S/C18H25N3O/c1-18(8-9-18)10-13-20-11-6-14(7-12-20)21-16-5-3-2-4-15(16)19-17(21)22/h2-5,14H,6-13H2,1H3,(H,19,22). The van der Waals surface area contributed by atoms with Gasteiger partial charge in [0.1, 0.15) is 0 Å². The van der Waals surface area contributed by atoms with Crippen molar-refractivity contribution < 1.29 is 0 Å². The van der Waals surface area contributed by atoms with Crippen LogP contribution >= 0.6 is 0 Å². The number of likely N-dealkylation sites (tertiary alicyclic amines) is 1. The summed E-state index contributed by atoms with van der Waals surface area (Å²) in [5.41, 5.74) is 2.70. The normalized spacial score (nSPS) is 22.2. The summed E-state index contributed by atoms with van der Waals surface area (Å²) < 4.78 is 1.98. The molecular weight excluding hydrogens is 274 g/mol. The van der Waals surface area contributed by atoms with Gasteiger partial charge in [-0.25, -0.2) is 4.79 Å². The molecule has 2 aromatic rings. The molecule has 1 N–H and O–H groups in total. The van der Waals surface area contributed by atoms with E-state index < -0.39 is 0 Å². The van der Waals surface area contributed by atoms with Gasteiger partial charge in [-0.3, -0.25) is 4.57 Å². The second-order valence-corrected chi connectivity index (χ2v) is 7.45. The zero-order valence-electron chi connectivity index (χ0n) is 13.3. The highest BCUT2D eigenvalue weighted by Crippen LogP contribution is 2.48. The lowest BCUT2D eigenvalue weighted by Gasteiger charge is -2.33. The molecule has 1 aliphatic carbocycles. The molecule has 0 bridgehead atoms. The maximum Gasteiger partial charge on any atom is 0.326 e. The lowest BCUT2D eigenvalue weighted by Crippen LogP contribution is -2.37. The van der Waals surface area contributed by atoms with Gasteiger partial charge in [-0.1, -0.05) is 19.1 Å². The van der Waals surface area contributed by atoms with E-state index in [9.17, 15) is 4.79 Å². The molecule has 0 unspecified atom stereocenters. The molecular formula is C18H25N3O. The summed E-state index contributed by atoms with van der Waals surface area (Å²) in [6.07, 6.45) is 6.32. The van der Waals surface area contributed by atoms with E-state index in [1.165, 1.54) is 25.8 Å². The molecule has 4 nitrogen and oxygen atoms in total. The van der Waals surface area contributed by atoms with Gasteiger partial charge in [0.15, 0.2) is 0 Å². The fraction of sp³-hybridized carbons (Fsp3) is 0.611. The van der Waals surface area contributed by atoms with Gasteiger partial charge in [-0.15, -0.1) is 0 Å². The fourth-order valence-electron chi connectivity index (χ4n) is 3.73. The summed E-state index contributed by atoms with van der Waals surface area (Å²) in [5, 5.41) is 0. The van der Waals surface area contributed by atoms with Crippen LogP contribution in [0.15, 0.2) is 29.1 Å². The van der Waals surface area contributed by atoms with Gasteiger partial charge in [0.05, 0.1) is 11.0 Å². The average Bonchev–Trinajstić information content (AvgIpc) is 3.17. The first kappa shape index (κ1) is 14.1. The van der Waals surface area contributed by atoms with Crippen molar-refractivity contribution >= 4 is 11.0 Å². The first-order valence-corrected chi connectivity index (χ1v) is 8.56. The summed E-state index contributed by atoms with van der Waals surface area (Å²) in [6.45, 7) is 5.87. The predicted octanol–water partition coefficient (Wildman–Crippen LogP) is 3.16. The SMILES string of the molecule is CC1(CCN2CCC(n3c(=O)[nH]c4ccccc43)CC2)CC1. The maximum atomic E-state index is 12.3. The van der Waals surface area contributed by atoms with Crippen molar-refractivity contribution in [2.75, 3.05) is 19.6 Å². The molecule has 22 heavy (non-hydrogen) atoms. The van der Waals surface area contributed by atoms with Crippen molar-refractivity contribution in [2.24, 2.45) is 5.41 Å². The molecule has 2 heterocycles. The number of hydrogen-bond donors (Lipinski definition) is 1. The summed E-state index contributed by atoms with van der Waals surface area (Å²) in [7, 11) is 0. The van der Waals surface area contributed by atoms with Gasteiger partial charge >= 0.3 is 5.69 Å². The Morgan fingerprint density at radius 2 is 1.95 bits per heavy atom. The van der Waals surface area contributed by atoms with Crippen molar-refractivity contribution in [3.05, 3.63) is 34.7 Å². The van der Waals surface area contributed by atoms with Gasteiger partial charge in [0.25, 0.3) is 0 Å². The highest BCUT2D eigenvalue weighted by atomic mass is 16.1. The lowest BCUT2D eigenvalue weighted by atomic mass is 10.0. The number of piperidine rings is 1. The number of imidazole rings is 1. The van der Waals surface area contributed by atoms with Gasteiger partial charge in [0.2, 0.25) is 0 Å². The van der Waals surface area contributed by atoms with Crippen LogP contribution in [0.1, 0.15) is 45.1 Å². The molecule has 0 spiro atoms. The highest BCUT2D eigenvalue weighted by Gasteiger charge is 2.37. The van der Waals surface area contributed by atoms with Crippen LogP contribution in [0.3, 0.4) is 0 Å². The van der Waals surface area contributed by atoms with E-state index in [-0.39, 0.29) is 5.69 Å². The van der Waals surface area contributed by atoms with Crippen molar-refractivity contribution in [3.63, 3.8) is 0 Å². The first-order valence-electron chi connectivity index (χ1n) is 8.56. The average molecular weight is 299 g/mol. The van der Waals surface area contributed by atoms with Crippen LogP contribution in [0, 0.1) is 5.41 Å². The van der Waals surface area contributed by atoms with E-state index in [0.717, 1.165) is 37.0 Å². The third kappa shape index (κ3) is 2.60. The van der Waals surface area contributed by atoms with E-state index in [2.05, 4.69) is 16.8 Å². The monoisotopic (exact) mass is 299 g/mol. The fourth-order valence-corrected chi connectivity index (χ4v) is 3.73. The molecule has 0 atom stereocenters. The predicted molar refractivity (Wildman–Crippen MR) is 89.2 cm³/mol. The smallest absolute Gasteiger partial charge is 0.306 e. The topological polar surface area (TPSA) is 41.0 Å². The summed E-state index contributed by atoms with van der Waals surface area (Å²) >= 11 is 0. The van der Waals surface area contributed by atoms with Crippen LogP contribution in [0.2, 0.25) is 0 Å². The maximum absolute atomic E-state index is 12.3. The van der Waals surface area contributed by atoms with E-state index in [1.807, 2.05) is 28.8 Å². The Balaban J connectivity index is 1.44. The Hall–Kier alpha value is -1.55. The second kappa shape index (κ2) is 5.27. The number of benzene rings is 1. The molecule has 1 aliphatic heterocycles. The van der Waals surface area contributed by atoms with Crippen LogP contribution in [-0.2, 0) is 0 Å². The van der Waals surface area contributed by atoms with Gasteiger partial charge in [-0.05, 0) is 56.2 Å². The molecule has 1 aromatic heterocycles. The van der Waals surface area contributed by atoms with Gasteiger partial charge in [-0.2, -0.15) is 0 Å². The molecule has 118 valence electrons. The number of fused-ring (bicyclic) bond motifs is 1. The zero-order chi connectivity index (χ0) is 15.2. The summed E-state index contributed by atoms with van der Waals surface area (Å²) in [4.78, 5) is 17.8. The van der Waals surface area contributed by atoms with Crippen LogP contribution < -0.4 is 5.69 Å². The number of H-pyrrole nitrogens is 1. The van der Waals surface area contributed by atoms with Crippen molar-refractivity contribution in [2.45, 2.75) is 45.1 Å². The third-order valence-corrected chi connectivity index (χ3v) is 5.68. The molecule has 4 rings (SSSR count). The van der Waals surface area contributed by atoms with E-state index in [4.69, 9.17) is 0 Å². The number of hydrogen-bond acceptors (Lipinski definition) is 2. The molecule has 1 aromatic carbocycles. The number of aromatic nitrogens is 2. The number of nitrogens with one attached hydrogen (secondary N) is 1. The molecule has 2 fully saturated rings. The summed E-state index contributed by atoms with van der Waals surface area (Å²) in [5.74, 6) is 0. The third-order valence-electron chi connectivity index (χ3n) is 5.68. The summed E-state index contributed by atoms with van der Waals surface area (Å²) in [6, 6.07) is 8.37. The van der Waals surface area contributed by atoms with Crippen LogP contribution in [0.25, 0.3) is 11.0 Å². The van der Waals surface area contributed by atoms with Crippen molar-refractivity contribution in [1.29, 1.82) is 0 Å². The second-order valence-electron chi connectivity index (χ2n) is 7.45. The number of rotatable bonds is 4. The van der Waals surface area contributed by atoms with Gasteiger partial charge < -0.3 is 9.88 Å². The molecule has 2 aliphatic rings. The van der Waals surface area contributed by atoms with Crippen LogP contribution in [-0.4, -0.2) is 34.1 Å². The number of para-hydroxylation sites is 2. The molecule has 4 heteroatoms. The Bertz CT molecular complexity index is 717. The molecule has 0 amide bonds. The Morgan fingerprint density at radius 3 is 2.68 bits per heavy atom. The largest absolute Gasteiger partial charge is 0.326 e. The Labute approximate surface area is 131 Å². The van der Waals surface area contributed by atoms with Crippen molar-refractivity contribution in [1.82, 2.24) is 14.5 Å². The minimum Gasteiger partial charge on any atom is -0.306 e. The number of aromatic amines is 1. The molecule has 1 saturated heterocycles. The quantitative estimate of drug-likeness (QED) is 0.942. The van der Waals surface area contributed by atoms with E-state index >= 15 is 0 Å². The van der Waals surface area contributed by atoms with Crippen molar-refractivity contribution in [3.8, 4) is 0 Å². The first-order chi connectivity index (χ1) is 10.6. The highest BCUT2D eigenvalue weighted by molar-refractivity contribution is 5.75. The molecule has 0 radical (unpaired) electrons. The minimum absolute atomic E-state index is 0.0464. The van der Waals surface area contributed by atoms with Gasteiger partial charge in [0, 0.05) is 19.1 Å². The van der Waals surface area contributed by atoms with E-state index in [1.54, 1.807) is 0 Å². The number of nitrogens with zero attached hydrogens (tertiary/aromatic N) is 2. The minimum atomic E-state index is 0.0464. The van der Waals surface area contributed by atoms with Crippen LogP contribution in [0.4, 0.5) is 0 Å².